The Morgan fingerprint density at radius 3 is 2.79 bits per heavy atom. The molecule has 142 valence electrons. The topological polar surface area (TPSA) is 59.2 Å². The van der Waals surface area contributed by atoms with E-state index in [9.17, 15) is 0 Å². The van der Waals surface area contributed by atoms with E-state index in [0.29, 0.717) is 0 Å². The highest BCUT2D eigenvalue weighted by molar-refractivity contribution is 7.25. The zero-order valence-corrected chi connectivity index (χ0v) is 16.7. The van der Waals surface area contributed by atoms with E-state index in [0.717, 1.165) is 32.0 Å². The number of aromatic amines is 1. The van der Waals surface area contributed by atoms with Gasteiger partial charge in [0.2, 0.25) is 0 Å². The highest BCUT2D eigenvalue weighted by Crippen LogP contribution is 2.41. The van der Waals surface area contributed by atoms with E-state index in [1.54, 1.807) is 35.2 Å². The summed E-state index contributed by atoms with van der Waals surface area (Å²) in [6.45, 7) is 0. The van der Waals surface area contributed by atoms with Crippen LogP contribution in [0.3, 0.4) is 0 Å². The Kier molecular flexibility index (Phi) is 3.82. The molecule has 0 amide bonds. The molecule has 29 heavy (non-hydrogen) atoms. The van der Waals surface area contributed by atoms with Crippen molar-refractivity contribution < 1.29 is 9.47 Å². The normalized spacial score (nSPS) is 13.8. The van der Waals surface area contributed by atoms with Crippen molar-refractivity contribution in [3.63, 3.8) is 0 Å². The lowest BCUT2D eigenvalue weighted by Crippen LogP contribution is -1.92. The Bertz CT molecular complexity index is 1360. The Morgan fingerprint density at radius 2 is 1.86 bits per heavy atom. The maximum Gasteiger partial charge on any atom is 0.275 e. The van der Waals surface area contributed by atoms with Crippen molar-refractivity contribution >= 4 is 55.2 Å². The molecule has 0 saturated heterocycles. The third kappa shape index (κ3) is 2.95. The molecule has 1 aliphatic rings. The zero-order chi connectivity index (χ0) is 19.2. The minimum Gasteiger partial charge on any atom is -0.454 e. The summed E-state index contributed by atoms with van der Waals surface area (Å²) in [6.07, 6.45) is 6.64. The quantitative estimate of drug-likeness (QED) is 0.339. The van der Waals surface area contributed by atoms with Gasteiger partial charge in [-0.3, -0.25) is 0 Å². The number of H-pyrrole nitrogens is 1. The molecule has 0 saturated carbocycles. The third-order valence-corrected chi connectivity index (χ3v) is 7.18. The number of hydrogen-bond acceptors (Lipinski definition) is 6. The van der Waals surface area contributed by atoms with Crippen LogP contribution >= 0.6 is 22.7 Å². The number of benzene rings is 1. The van der Waals surface area contributed by atoms with Gasteiger partial charge in [0.25, 0.3) is 6.29 Å². The van der Waals surface area contributed by atoms with Crippen molar-refractivity contribution in [2.45, 2.75) is 6.29 Å². The van der Waals surface area contributed by atoms with E-state index in [1.807, 2.05) is 18.5 Å². The number of anilines is 2. The fourth-order valence-corrected chi connectivity index (χ4v) is 5.53. The SMILES string of the molecule is C1=COC(c2ccc(-c3cc4c(Nc5ccc6[nH]ccc6c5)ccnc4s3)s2)O1. The molecule has 2 N–H and O–H groups in total. The molecule has 0 fully saturated rings. The summed E-state index contributed by atoms with van der Waals surface area (Å²) in [5, 5.41) is 5.85. The molecule has 0 radical (unpaired) electrons. The Hall–Kier alpha value is -3.29. The maximum absolute atomic E-state index is 5.44. The molecule has 0 spiro atoms. The predicted octanol–water partition coefficient (Wildman–Crippen LogP) is 6.77. The monoisotopic (exact) mass is 417 g/mol. The van der Waals surface area contributed by atoms with Crippen molar-refractivity contribution in [2.24, 2.45) is 0 Å². The van der Waals surface area contributed by atoms with Gasteiger partial charge < -0.3 is 19.8 Å². The van der Waals surface area contributed by atoms with Crippen molar-refractivity contribution in [1.82, 2.24) is 9.97 Å². The lowest BCUT2D eigenvalue weighted by molar-refractivity contribution is -0.0216. The molecule has 6 rings (SSSR count). The fourth-order valence-electron chi connectivity index (χ4n) is 3.44. The molecule has 5 aromatic rings. The molecule has 0 bridgehead atoms. The highest BCUT2D eigenvalue weighted by Gasteiger charge is 2.19. The van der Waals surface area contributed by atoms with Crippen molar-refractivity contribution in [3.8, 4) is 9.75 Å². The molecule has 1 aromatic carbocycles. The lowest BCUT2D eigenvalue weighted by atomic mass is 10.2. The number of hydrogen-bond donors (Lipinski definition) is 2. The lowest BCUT2D eigenvalue weighted by Gasteiger charge is -2.07. The van der Waals surface area contributed by atoms with Crippen LogP contribution in [0.5, 0.6) is 0 Å². The maximum atomic E-state index is 5.44. The summed E-state index contributed by atoms with van der Waals surface area (Å²) >= 11 is 3.37. The number of rotatable bonds is 4. The number of thiophene rings is 2. The molecule has 0 aliphatic carbocycles. The smallest absolute Gasteiger partial charge is 0.275 e. The zero-order valence-electron chi connectivity index (χ0n) is 15.1. The van der Waals surface area contributed by atoms with Crippen LogP contribution in [0.4, 0.5) is 11.4 Å². The molecule has 4 aromatic heterocycles. The van der Waals surface area contributed by atoms with E-state index in [2.05, 4.69) is 57.7 Å². The minimum absolute atomic E-state index is 0.332. The van der Waals surface area contributed by atoms with Gasteiger partial charge in [-0.15, -0.1) is 22.7 Å². The summed E-state index contributed by atoms with van der Waals surface area (Å²) in [5.74, 6) is 0. The molecule has 1 aliphatic heterocycles. The molecule has 7 heteroatoms. The van der Waals surface area contributed by atoms with Crippen LogP contribution in [0.25, 0.3) is 30.9 Å². The summed E-state index contributed by atoms with van der Waals surface area (Å²) in [5.41, 5.74) is 3.24. The largest absolute Gasteiger partial charge is 0.454 e. The van der Waals surface area contributed by atoms with Gasteiger partial charge in [0.1, 0.15) is 17.4 Å². The Balaban J connectivity index is 1.34. The molecule has 0 unspecified atom stereocenters. The first-order valence-corrected chi connectivity index (χ1v) is 10.8. The van der Waals surface area contributed by atoms with E-state index in [-0.39, 0.29) is 6.29 Å². The second kappa shape index (κ2) is 6.65. The van der Waals surface area contributed by atoms with Crippen molar-refractivity contribution in [2.75, 3.05) is 5.32 Å². The second-order valence-corrected chi connectivity index (χ2v) is 8.82. The molecule has 0 atom stereocenters. The van der Waals surface area contributed by atoms with Gasteiger partial charge in [-0.05, 0) is 48.5 Å². The van der Waals surface area contributed by atoms with Gasteiger partial charge in [0.05, 0.1) is 10.6 Å². The number of aromatic nitrogens is 2. The van der Waals surface area contributed by atoms with Gasteiger partial charge in [-0.25, -0.2) is 4.98 Å². The summed E-state index contributed by atoms with van der Waals surface area (Å²) in [7, 11) is 0. The number of pyridine rings is 1. The fraction of sp³-hybridized carbons (Fsp3) is 0.0455. The minimum atomic E-state index is -0.332. The van der Waals surface area contributed by atoms with Crippen LogP contribution < -0.4 is 5.32 Å². The third-order valence-electron chi connectivity index (χ3n) is 4.83. The van der Waals surface area contributed by atoms with Crippen molar-refractivity contribution in [1.29, 1.82) is 0 Å². The second-order valence-electron chi connectivity index (χ2n) is 6.67. The first-order valence-electron chi connectivity index (χ1n) is 9.12. The van der Waals surface area contributed by atoms with E-state index < -0.39 is 0 Å². The van der Waals surface area contributed by atoms with Crippen LogP contribution in [0.1, 0.15) is 11.2 Å². The van der Waals surface area contributed by atoms with Crippen LogP contribution in [-0.2, 0) is 9.47 Å². The van der Waals surface area contributed by atoms with Crippen molar-refractivity contribution in [3.05, 3.63) is 78.3 Å². The standard InChI is InChI=1S/C22H15N3O2S2/c1-2-16-13(5-7-23-16)11-14(1)25-17-6-8-24-21-15(17)12-20(29-21)18-3-4-19(28-18)22-26-9-10-27-22/h1-12,22-23H,(H,24,25). The van der Waals surface area contributed by atoms with Gasteiger partial charge in [0.15, 0.2) is 0 Å². The summed E-state index contributed by atoms with van der Waals surface area (Å²) < 4.78 is 10.9. The van der Waals surface area contributed by atoms with Crippen LogP contribution in [0, 0.1) is 0 Å². The average molecular weight is 418 g/mol. The average Bonchev–Trinajstić information content (AvgIpc) is 3.53. The van der Waals surface area contributed by atoms with E-state index in [4.69, 9.17) is 9.47 Å². The van der Waals surface area contributed by atoms with Gasteiger partial charge in [-0.1, -0.05) is 0 Å². The van der Waals surface area contributed by atoms with E-state index >= 15 is 0 Å². The van der Waals surface area contributed by atoms with Crippen LogP contribution in [-0.4, -0.2) is 9.97 Å². The van der Waals surface area contributed by atoms with E-state index in [1.165, 1.54) is 15.1 Å². The molecule has 5 nitrogen and oxygen atoms in total. The summed E-state index contributed by atoms with van der Waals surface area (Å²) in [6, 6.07) is 16.8. The number of nitrogens with one attached hydrogen (secondary N) is 2. The van der Waals surface area contributed by atoms with Gasteiger partial charge in [0, 0.05) is 44.1 Å². The Labute approximate surface area is 174 Å². The Morgan fingerprint density at radius 1 is 0.931 bits per heavy atom. The van der Waals surface area contributed by atoms with Gasteiger partial charge in [-0.2, -0.15) is 0 Å². The van der Waals surface area contributed by atoms with Crippen LogP contribution in [0.2, 0.25) is 0 Å². The van der Waals surface area contributed by atoms with Crippen LogP contribution in [0.15, 0.2) is 73.4 Å². The number of fused-ring (bicyclic) bond motifs is 2. The number of ether oxygens (including phenoxy) is 2. The number of nitrogens with zero attached hydrogens (tertiary/aromatic N) is 1. The first kappa shape index (κ1) is 16.6. The summed E-state index contributed by atoms with van der Waals surface area (Å²) in [4.78, 5) is 12.2. The predicted molar refractivity (Wildman–Crippen MR) is 119 cm³/mol. The van der Waals surface area contributed by atoms with Gasteiger partial charge >= 0.3 is 0 Å². The first-order chi connectivity index (χ1) is 14.3. The molecular formula is C22H15N3O2S2. The highest BCUT2D eigenvalue weighted by atomic mass is 32.1. The molecule has 5 heterocycles. The molecular weight excluding hydrogens is 402 g/mol.